The molecular formula is C12H21N5OS. The number of nitrogen functional groups attached to an aromatic ring is 1. The van der Waals surface area contributed by atoms with Gasteiger partial charge in [-0.3, -0.25) is 4.21 Å². The summed E-state index contributed by atoms with van der Waals surface area (Å²) in [6.45, 7) is 4.09. The second-order valence-corrected chi connectivity index (χ2v) is 6.76. The summed E-state index contributed by atoms with van der Waals surface area (Å²) in [5, 5.41) is 3.39. The van der Waals surface area contributed by atoms with Crippen molar-refractivity contribution in [1.82, 2.24) is 9.97 Å². The molecule has 6 nitrogen and oxygen atoms in total. The Labute approximate surface area is 116 Å². The Kier molecular flexibility index (Phi) is 4.71. The maximum absolute atomic E-state index is 11.3. The first kappa shape index (κ1) is 14.2. The van der Waals surface area contributed by atoms with Gasteiger partial charge in [0.25, 0.3) is 0 Å². The lowest BCUT2D eigenvalue weighted by molar-refractivity contribution is 0.621. The molecule has 1 aliphatic rings. The van der Waals surface area contributed by atoms with Crippen LogP contribution in [0.2, 0.25) is 0 Å². The molecule has 106 valence electrons. The fraction of sp³-hybridized carbons (Fsp3) is 0.667. The van der Waals surface area contributed by atoms with E-state index in [1.54, 1.807) is 6.07 Å². The summed E-state index contributed by atoms with van der Waals surface area (Å²) < 4.78 is 11.3. The van der Waals surface area contributed by atoms with Gasteiger partial charge in [-0.05, 0) is 12.8 Å². The van der Waals surface area contributed by atoms with Crippen LogP contribution in [0.25, 0.3) is 0 Å². The highest BCUT2D eigenvalue weighted by atomic mass is 32.2. The van der Waals surface area contributed by atoms with Gasteiger partial charge < -0.3 is 10.7 Å². The summed E-state index contributed by atoms with van der Waals surface area (Å²) in [4.78, 5) is 8.82. The van der Waals surface area contributed by atoms with Crippen molar-refractivity contribution in [2.24, 2.45) is 5.84 Å². The van der Waals surface area contributed by atoms with Crippen LogP contribution in [0.1, 0.15) is 38.4 Å². The zero-order valence-corrected chi connectivity index (χ0v) is 12.2. The van der Waals surface area contributed by atoms with Gasteiger partial charge in [0.1, 0.15) is 17.5 Å². The maximum Gasteiger partial charge on any atom is 0.145 e. The molecule has 0 saturated carbocycles. The first-order valence-corrected chi connectivity index (χ1v) is 8.04. The number of hydrogen-bond donors (Lipinski definition) is 3. The average Bonchev–Trinajstić information content (AvgIpc) is 2.41. The molecule has 1 aliphatic heterocycles. The Hall–Kier alpha value is -1.21. The van der Waals surface area contributed by atoms with Crippen LogP contribution in [0.15, 0.2) is 6.07 Å². The smallest absolute Gasteiger partial charge is 0.145 e. The van der Waals surface area contributed by atoms with Gasteiger partial charge in [0.15, 0.2) is 0 Å². The van der Waals surface area contributed by atoms with Crippen molar-refractivity contribution in [2.75, 3.05) is 22.2 Å². The number of hydrazine groups is 1. The highest BCUT2D eigenvalue weighted by Crippen LogP contribution is 2.19. The van der Waals surface area contributed by atoms with E-state index in [0.717, 1.165) is 36.0 Å². The first-order chi connectivity index (χ1) is 9.08. The number of aromatic nitrogens is 2. The molecule has 0 aromatic carbocycles. The maximum atomic E-state index is 11.3. The minimum Gasteiger partial charge on any atom is -0.367 e. The van der Waals surface area contributed by atoms with Crippen LogP contribution in [0, 0.1) is 0 Å². The molecule has 0 bridgehead atoms. The molecule has 1 aromatic rings. The minimum absolute atomic E-state index is 0.243. The fourth-order valence-corrected chi connectivity index (χ4v) is 3.32. The predicted molar refractivity (Wildman–Crippen MR) is 78.5 cm³/mol. The van der Waals surface area contributed by atoms with E-state index < -0.39 is 10.8 Å². The molecule has 0 radical (unpaired) electrons. The fourth-order valence-electron chi connectivity index (χ4n) is 2.02. The number of hydrogen-bond acceptors (Lipinski definition) is 6. The summed E-state index contributed by atoms with van der Waals surface area (Å²) in [5.74, 6) is 9.36. The molecule has 0 amide bonds. The van der Waals surface area contributed by atoms with Crippen LogP contribution < -0.4 is 16.6 Å². The molecule has 7 heteroatoms. The quantitative estimate of drug-likeness (QED) is 0.568. The molecule has 0 unspecified atom stereocenters. The van der Waals surface area contributed by atoms with Crippen molar-refractivity contribution in [1.29, 1.82) is 0 Å². The van der Waals surface area contributed by atoms with E-state index >= 15 is 0 Å². The van der Waals surface area contributed by atoms with E-state index in [9.17, 15) is 4.21 Å². The lowest BCUT2D eigenvalue weighted by Crippen LogP contribution is -2.30. The van der Waals surface area contributed by atoms with Gasteiger partial charge >= 0.3 is 0 Å². The van der Waals surface area contributed by atoms with Gasteiger partial charge in [-0.15, -0.1) is 0 Å². The molecule has 4 N–H and O–H groups in total. The van der Waals surface area contributed by atoms with Gasteiger partial charge in [0.2, 0.25) is 0 Å². The molecule has 0 atom stereocenters. The van der Waals surface area contributed by atoms with Crippen molar-refractivity contribution in [3.63, 3.8) is 0 Å². The van der Waals surface area contributed by atoms with Gasteiger partial charge in [-0.1, -0.05) is 13.8 Å². The van der Waals surface area contributed by atoms with Crippen LogP contribution in [0.3, 0.4) is 0 Å². The van der Waals surface area contributed by atoms with Crippen molar-refractivity contribution in [3.8, 4) is 0 Å². The van der Waals surface area contributed by atoms with Crippen molar-refractivity contribution in [3.05, 3.63) is 11.9 Å². The third-order valence-corrected chi connectivity index (χ3v) is 4.53. The monoisotopic (exact) mass is 283 g/mol. The largest absolute Gasteiger partial charge is 0.367 e. The topological polar surface area (TPSA) is 92.9 Å². The highest BCUT2D eigenvalue weighted by Gasteiger charge is 2.18. The van der Waals surface area contributed by atoms with E-state index in [1.165, 1.54) is 0 Å². The molecule has 1 saturated heterocycles. The zero-order valence-electron chi connectivity index (χ0n) is 11.3. The van der Waals surface area contributed by atoms with E-state index in [4.69, 9.17) is 5.84 Å². The normalized spacial score (nSPS) is 23.4. The molecule has 19 heavy (non-hydrogen) atoms. The Bertz CT molecular complexity index is 455. The lowest BCUT2D eigenvalue weighted by atomic mass is 10.1. The van der Waals surface area contributed by atoms with Crippen molar-refractivity contribution >= 4 is 22.4 Å². The highest BCUT2D eigenvalue weighted by molar-refractivity contribution is 7.85. The average molecular weight is 283 g/mol. The predicted octanol–water partition coefficient (Wildman–Crippen LogP) is 1.21. The summed E-state index contributed by atoms with van der Waals surface area (Å²) in [6, 6.07) is 2.13. The van der Waals surface area contributed by atoms with E-state index in [0.29, 0.717) is 11.9 Å². The Morgan fingerprint density at radius 2 is 1.95 bits per heavy atom. The number of nitrogens with zero attached hydrogens (tertiary/aromatic N) is 2. The van der Waals surface area contributed by atoms with Gasteiger partial charge in [-0.2, -0.15) is 0 Å². The molecule has 1 aromatic heterocycles. The van der Waals surface area contributed by atoms with Crippen LogP contribution >= 0.6 is 0 Å². The number of anilines is 2. The van der Waals surface area contributed by atoms with E-state index in [1.807, 2.05) is 13.8 Å². The Morgan fingerprint density at radius 1 is 1.32 bits per heavy atom. The second kappa shape index (κ2) is 6.29. The van der Waals surface area contributed by atoms with Crippen LogP contribution in [-0.2, 0) is 10.8 Å². The Morgan fingerprint density at radius 3 is 2.53 bits per heavy atom. The lowest BCUT2D eigenvalue weighted by Gasteiger charge is -2.23. The molecule has 1 fully saturated rings. The first-order valence-electron chi connectivity index (χ1n) is 6.55. The van der Waals surface area contributed by atoms with E-state index in [-0.39, 0.29) is 5.92 Å². The minimum atomic E-state index is -0.642. The zero-order chi connectivity index (χ0) is 13.8. The van der Waals surface area contributed by atoms with Crippen LogP contribution in [-0.4, -0.2) is 31.7 Å². The van der Waals surface area contributed by atoms with Gasteiger partial charge in [0.05, 0.1) is 0 Å². The second-order valence-electron chi connectivity index (χ2n) is 5.06. The third kappa shape index (κ3) is 3.87. The molecular weight excluding hydrogens is 262 g/mol. The van der Waals surface area contributed by atoms with Crippen molar-refractivity contribution < 1.29 is 4.21 Å². The van der Waals surface area contributed by atoms with Gasteiger partial charge in [-0.25, -0.2) is 15.8 Å². The third-order valence-electron chi connectivity index (χ3n) is 3.15. The SMILES string of the molecule is CC(C)c1nc(NN)cc(NC2CCS(=O)CC2)n1. The van der Waals surface area contributed by atoms with Crippen molar-refractivity contribution in [2.45, 2.75) is 38.6 Å². The number of nitrogens with two attached hydrogens (primary N) is 1. The molecule has 0 aliphatic carbocycles. The van der Waals surface area contributed by atoms with Crippen LogP contribution in [0.4, 0.5) is 11.6 Å². The Balaban J connectivity index is 2.10. The summed E-state index contributed by atoms with van der Waals surface area (Å²) in [6.07, 6.45) is 1.83. The van der Waals surface area contributed by atoms with E-state index in [2.05, 4.69) is 20.7 Å². The van der Waals surface area contributed by atoms with Crippen LogP contribution in [0.5, 0.6) is 0 Å². The standard InChI is InChI=1S/C12H21N5OS/c1-8(2)12-15-10(7-11(16-12)17-13)14-9-3-5-19(18)6-4-9/h7-9H,3-6,13H2,1-2H3,(H2,14,15,16,17). The summed E-state index contributed by atoms with van der Waals surface area (Å²) in [7, 11) is -0.642. The molecule has 0 spiro atoms. The number of nitrogens with one attached hydrogen (secondary N) is 2. The van der Waals surface area contributed by atoms with Gasteiger partial charge in [0, 0.05) is 40.3 Å². The number of rotatable bonds is 4. The molecule has 2 heterocycles. The summed E-state index contributed by atoms with van der Waals surface area (Å²) in [5.41, 5.74) is 2.57. The summed E-state index contributed by atoms with van der Waals surface area (Å²) >= 11 is 0. The molecule has 2 rings (SSSR count).